The van der Waals surface area contributed by atoms with Crippen LogP contribution in [0.3, 0.4) is 0 Å². The molecule has 1 aromatic rings. The Morgan fingerprint density at radius 1 is 0.929 bits per heavy atom. The van der Waals surface area contributed by atoms with E-state index in [1.165, 1.54) is 21.6 Å². The van der Waals surface area contributed by atoms with Gasteiger partial charge in [-0.2, -0.15) is 0 Å². The summed E-state index contributed by atoms with van der Waals surface area (Å²) in [6, 6.07) is 6.23. The molecule has 0 amide bonds. The fourth-order valence-corrected chi connectivity index (χ4v) is 1.50. The third kappa shape index (κ3) is 2.16. The van der Waals surface area contributed by atoms with Crippen LogP contribution in [0.25, 0.3) is 11.1 Å². The van der Waals surface area contributed by atoms with Gasteiger partial charge in [-0.05, 0) is 50.3 Å². The molecule has 0 atom stereocenters. The molecule has 0 aliphatic rings. The van der Waals surface area contributed by atoms with E-state index in [-0.39, 0.29) is 0 Å². The molecule has 0 bridgehead atoms. The SMILES string of the molecule is COc1ccc(=C(C)C)c(=C(C)C)c1. The maximum Gasteiger partial charge on any atom is 0.119 e. The fourth-order valence-electron chi connectivity index (χ4n) is 1.50. The molecule has 0 saturated carbocycles. The molecule has 1 heteroatoms. The second kappa shape index (κ2) is 4.32. The molecule has 1 rings (SSSR count). The van der Waals surface area contributed by atoms with Crippen molar-refractivity contribution >= 4 is 11.1 Å². The minimum absolute atomic E-state index is 0.922. The molecule has 0 aromatic heterocycles. The van der Waals surface area contributed by atoms with Crippen LogP contribution < -0.4 is 15.2 Å². The van der Waals surface area contributed by atoms with E-state index in [2.05, 4.69) is 39.8 Å². The topological polar surface area (TPSA) is 9.23 Å². The first-order valence-corrected chi connectivity index (χ1v) is 4.85. The summed E-state index contributed by atoms with van der Waals surface area (Å²) in [6.45, 7) is 8.52. The van der Waals surface area contributed by atoms with E-state index in [9.17, 15) is 0 Å². The van der Waals surface area contributed by atoms with Crippen LogP contribution in [0.4, 0.5) is 0 Å². The Hall–Kier alpha value is -1.24. The molecule has 0 N–H and O–H groups in total. The summed E-state index contributed by atoms with van der Waals surface area (Å²) in [4.78, 5) is 0. The van der Waals surface area contributed by atoms with Crippen molar-refractivity contribution in [1.29, 1.82) is 0 Å². The zero-order valence-electron chi connectivity index (χ0n) is 9.64. The summed E-state index contributed by atoms with van der Waals surface area (Å²) >= 11 is 0. The maximum atomic E-state index is 5.22. The molecular formula is C13H18O. The van der Waals surface area contributed by atoms with Crippen LogP contribution in [0.2, 0.25) is 0 Å². The lowest BCUT2D eigenvalue weighted by atomic mass is 10.1. The zero-order chi connectivity index (χ0) is 10.7. The monoisotopic (exact) mass is 190 g/mol. The van der Waals surface area contributed by atoms with Crippen LogP contribution in [0, 0.1) is 0 Å². The Morgan fingerprint density at radius 2 is 1.50 bits per heavy atom. The Bertz CT molecular complexity index is 433. The van der Waals surface area contributed by atoms with Crippen LogP contribution in [-0.2, 0) is 0 Å². The Kier molecular flexibility index (Phi) is 3.34. The molecule has 0 fully saturated rings. The van der Waals surface area contributed by atoms with Crippen LogP contribution in [0.15, 0.2) is 18.2 Å². The average molecular weight is 190 g/mol. The summed E-state index contributed by atoms with van der Waals surface area (Å²) in [6.07, 6.45) is 0. The van der Waals surface area contributed by atoms with Crippen molar-refractivity contribution in [3.05, 3.63) is 28.6 Å². The Morgan fingerprint density at radius 3 is 1.93 bits per heavy atom. The van der Waals surface area contributed by atoms with Gasteiger partial charge in [0.2, 0.25) is 0 Å². The van der Waals surface area contributed by atoms with Crippen molar-refractivity contribution in [3.8, 4) is 5.75 Å². The lowest BCUT2D eigenvalue weighted by molar-refractivity contribution is 0.414. The first-order chi connectivity index (χ1) is 6.56. The van der Waals surface area contributed by atoms with Crippen LogP contribution >= 0.6 is 0 Å². The second-order valence-electron chi connectivity index (χ2n) is 3.91. The zero-order valence-corrected chi connectivity index (χ0v) is 9.64. The molecule has 0 aliphatic heterocycles. The van der Waals surface area contributed by atoms with E-state index >= 15 is 0 Å². The van der Waals surface area contributed by atoms with Gasteiger partial charge in [-0.3, -0.25) is 0 Å². The number of hydrogen-bond acceptors (Lipinski definition) is 1. The fraction of sp³-hybridized carbons (Fsp3) is 0.385. The highest BCUT2D eigenvalue weighted by atomic mass is 16.5. The molecule has 0 spiro atoms. The standard InChI is InChI=1S/C13H18O/c1-9(2)12-7-6-11(14-5)8-13(12)10(3)4/h6-8H,1-5H3. The van der Waals surface area contributed by atoms with Gasteiger partial charge in [0.1, 0.15) is 5.75 Å². The minimum atomic E-state index is 0.922. The average Bonchev–Trinajstić information content (AvgIpc) is 2.16. The van der Waals surface area contributed by atoms with Gasteiger partial charge < -0.3 is 4.74 Å². The summed E-state index contributed by atoms with van der Waals surface area (Å²) in [5, 5.41) is 2.59. The highest BCUT2D eigenvalue weighted by Crippen LogP contribution is 2.03. The first kappa shape index (κ1) is 10.8. The van der Waals surface area contributed by atoms with Crippen molar-refractivity contribution < 1.29 is 4.74 Å². The molecule has 14 heavy (non-hydrogen) atoms. The number of benzene rings is 1. The molecule has 0 unspecified atom stereocenters. The number of rotatable bonds is 1. The molecule has 0 heterocycles. The summed E-state index contributed by atoms with van der Waals surface area (Å²) in [5.41, 5.74) is 2.66. The smallest absolute Gasteiger partial charge is 0.119 e. The van der Waals surface area contributed by atoms with Gasteiger partial charge in [-0.15, -0.1) is 0 Å². The lowest BCUT2D eigenvalue weighted by Gasteiger charge is -2.02. The van der Waals surface area contributed by atoms with Crippen LogP contribution in [-0.4, -0.2) is 7.11 Å². The molecule has 0 saturated heterocycles. The van der Waals surface area contributed by atoms with Crippen LogP contribution in [0.1, 0.15) is 27.7 Å². The molecule has 1 nitrogen and oxygen atoms in total. The second-order valence-corrected chi connectivity index (χ2v) is 3.91. The van der Waals surface area contributed by atoms with Gasteiger partial charge in [0.05, 0.1) is 7.11 Å². The Balaban J connectivity index is 3.67. The Labute approximate surface area is 85.7 Å². The molecule has 76 valence electrons. The van der Waals surface area contributed by atoms with Gasteiger partial charge in [0, 0.05) is 0 Å². The largest absolute Gasteiger partial charge is 0.497 e. The van der Waals surface area contributed by atoms with E-state index in [0.717, 1.165) is 5.75 Å². The van der Waals surface area contributed by atoms with Crippen LogP contribution in [0.5, 0.6) is 5.75 Å². The molecular weight excluding hydrogens is 172 g/mol. The third-order valence-corrected chi connectivity index (χ3v) is 2.30. The van der Waals surface area contributed by atoms with E-state index in [1.807, 2.05) is 6.07 Å². The van der Waals surface area contributed by atoms with E-state index in [4.69, 9.17) is 4.74 Å². The minimum Gasteiger partial charge on any atom is -0.497 e. The highest BCUT2D eigenvalue weighted by molar-refractivity contribution is 5.48. The first-order valence-electron chi connectivity index (χ1n) is 4.85. The van der Waals surface area contributed by atoms with E-state index in [1.54, 1.807) is 7.11 Å². The van der Waals surface area contributed by atoms with Gasteiger partial charge in [-0.1, -0.05) is 17.2 Å². The predicted octanol–water partition coefficient (Wildman–Crippen LogP) is 2.08. The summed E-state index contributed by atoms with van der Waals surface area (Å²) in [7, 11) is 1.70. The van der Waals surface area contributed by atoms with E-state index < -0.39 is 0 Å². The number of methoxy groups -OCH3 is 1. The van der Waals surface area contributed by atoms with Gasteiger partial charge >= 0.3 is 0 Å². The van der Waals surface area contributed by atoms with Gasteiger partial charge in [0.25, 0.3) is 0 Å². The van der Waals surface area contributed by atoms with Crippen molar-refractivity contribution in [2.75, 3.05) is 7.11 Å². The molecule has 1 aromatic carbocycles. The third-order valence-electron chi connectivity index (χ3n) is 2.30. The highest BCUT2D eigenvalue weighted by Gasteiger charge is 1.94. The van der Waals surface area contributed by atoms with Gasteiger partial charge in [0.15, 0.2) is 0 Å². The van der Waals surface area contributed by atoms with E-state index in [0.29, 0.717) is 0 Å². The van der Waals surface area contributed by atoms with Crippen molar-refractivity contribution in [3.63, 3.8) is 0 Å². The molecule has 0 radical (unpaired) electrons. The van der Waals surface area contributed by atoms with Gasteiger partial charge in [-0.25, -0.2) is 0 Å². The lowest BCUT2D eigenvalue weighted by Crippen LogP contribution is -2.27. The maximum absolute atomic E-state index is 5.22. The molecule has 0 aliphatic carbocycles. The summed E-state index contributed by atoms with van der Waals surface area (Å²) in [5.74, 6) is 0.922. The van der Waals surface area contributed by atoms with Crippen molar-refractivity contribution in [2.24, 2.45) is 0 Å². The summed E-state index contributed by atoms with van der Waals surface area (Å²) < 4.78 is 5.22. The quantitative estimate of drug-likeness (QED) is 0.659. The number of hydrogen-bond donors (Lipinski definition) is 0. The van der Waals surface area contributed by atoms with Crippen molar-refractivity contribution in [1.82, 2.24) is 0 Å². The van der Waals surface area contributed by atoms with Crippen molar-refractivity contribution in [2.45, 2.75) is 27.7 Å². The predicted molar refractivity (Wildman–Crippen MR) is 61.8 cm³/mol. The number of ether oxygens (including phenoxy) is 1. The normalized spacial score (nSPS) is 9.79.